The third-order valence-corrected chi connectivity index (χ3v) is 9.00. The van der Waals surface area contributed by atoms with Gasteiger partial charge in [0.1, 0.15) is 16.4 Å². The lowest BCUT2D eigenvalue weighted by molar-refractivity contribution is -0.122. The third-order valence-electron chi connectivity index (χ3n) is 6.27. The van der Waals surface area contributed by atoms with Gasteiger partial charge in [0.2, 0.25) is 10.0 Å². The highest BCUT2D eigenvalue weighted by Crippen LogP contribution is 2.32. The van der Waals surface area contributed by atoms with E-state index in [-0.39, 0.29) is 40.7 Å². The maximum Gasteiger partial charge on any atom is 0.293 e. The summed E-state index contributed by atoms with van der Waals surface area (Å²) in [5.74, 6) is -0.241. The Bertz CT molecular complexity index is 1570. The summed E-state index contributed by atoms with van der Waals surface area (Å²) in [6.45, 7) is 0.0692. The van der Waals surface area contributed by atoms with Crippen molar-refractivity contribution >= 4 is 44.9 Å². The van der Waals surface area contributed by atoms with Crippen LogP contribution in [-0.2, 0) is 21.4 Å². The van der Waals surface area contributed by atoms with Crippen LogP contribution in [0.1, 0.15) is 21.5 Å². The largest absolute Gasteiger partial charge is 0.497 e. The zero-order chi connectivity index (χ0) is 29.6. The van der Waals surface area contributed by atoms with Crippen molar-refractivity contribution in [2.24, 2.45) is 0 Å². The Hall–Kier alpha value is -4.13. The molecule has 3 amide bonds. The van der Waals surface area contributed by atoms with Gasteiger partial charge in [-0.1, -0.05) is 42.5 Å². The smallest absolute Gasteiger partial charge is 0.293 e. The molecule has 0 atom stereocenters. The van der Waals surface area contributed by atoms with Gasteiger partial charge in [0.25, 0.3) is 17.1 Å². The van der Waals surface area contributed by atoms with Crippen LogP contribution in [0.4, 0.5) is 4.79 Å². The molecule has 0 aliphatic carbocycles. The number of carbonyl (C=O) groups is 3. The van der Waals surface area contributed by atoms with Gasteiger partial charge >= 0.3 is 0 Å². The number of nitrogens with zero attached hydrogens (tertiary/aromatic N) is 2. The molecule has 10 nitrogen and oxygen atoms in total. The van der Waals surface area contributed by atoms with Gasteiger partial charge in [-0.15, -0.1) is 0 Å². The molecule has 1 N–H and O–H groups in total. The second kappa shape index (κ2) is 13.0. The summed E-state index contributed by atoms with van der Waals surface area (Å²) < 4.78 is 38.3. The second-order valence-corrected chi connectivity index (χ2v) is 12.0. The van der Waals surface area contributed by atoms with E-state index >= 15 is 0 Å². The Morgan fingerprint density at radius 2 is 1.71 bits per heavy atom. The van der Waals surface area contributed by atoms with Crippen LogP contribution in [0.25, 0.3) is 6.08 Å². The van der Waals surface area contributed by atoms with Gasteiger partial charge in [0.15, 0.2) is 0 Å². The first kappa shape index (κ1) is 29.8. The molecule has 1 aliphatic rings. The number of sulfonamides is 1. The fourth-order valence-electron chi connectivity index (χ4n) is 4.04. The number of hydrogen-bond donors (Lipinski definition) is 1. The number of carbonyl (C=O) groups excluding carboxylic acids is 3. The Morgan fingerprint density at radius 3 is 2.37 bits per heavy atom. The Balaban J connectivity index is 1.41. The maximum atomic E-state index is 13.4. The molecule has 0 spiro atoms. The molecular formula is C29H29N3O7S2. The van der Waals surface area contributed by atoms with Crippen LogP contribution >= 0.6 is 11.8 Å². The minimum Gasteiger partial charge on any atom is -0.497 e. The van der Waals surface area contributed by atoms with E-state index in [1.807, 2.05) is 30.3 Å². The van der Waals surface area contributed by atoms with Crippen LogP contribution in [0.5, 0.6) is 11.5 Å². The first-order chi connectivity index (χ1) is 19.6. The molecule has 1 saturated heterocycles. The van der Waals surface area contributed by atoms with Crippen LogP contribution in [0.3, 0.4) is 0 Å². The summed E-state index contributed by atoms with van der Waals surface area (Å²) in [7, 11) is 0.355. The number of imide groups is 1. The number of amides is 3. The molecule has 1 fully saturated rings. The van der Waals surface area contributed by atoms with Crippen LogP contribution in [0.2, 0.25) is 0 Å². The van der Waals surface area contributed by atoms with E-state index in [9.17, 15) is 22.8 Å². The predicted molar refractivity (Wildman–Crippen MR) is 156 cm³/mol. The number of rotatable bonds is 11. The van der Waals surface area contributed by atoms with Crippen molar-refractivity contribution in [2.75, 3.05) is 34.4 Å². The minimum atomic E-state index is -4.01. The highest BCUT2D eigenvalue weighted by molar-refractivity contribution is 8.18. The first-order valence-corrected chi connectivity index (χ1v) is 14.8. The zero-order valence-corrected chi connectivity index (χ0v) is 24.3. The molecule has 12 heteroatoms. The fourth-order valence-corrected chi connectivity index (χ4v) is 6.24. The van der Waals surface area contributed by atoms with Crippen LogP contribution < -0.4 is 14.8 Å². The van der Waals surface area contributed by atoms with E-state index < -0.39 is 27.1 Å². The van der Waals surface area contributed by atoms with E-state index in [1.165, 1.54) is 36.7 Å². The van der Waals surface area contributed by atoms with Crippen molar-refractivity contribution in [2.45, 2.75) is 11.4 Å². The van der Waals surface area contributed by atoms with E-state index in [0.29, 0.717) is 5.75 Å². The zero-order valence-electron chi connectivity index (χ0n) is 22.7. The molecule has 4 rings (SSSR count). The number of ether oxygens (including phenoxy) is 2. The number of benzene rings is 3. The fraction of sp³-hybridized carbons (Fsp3) is 0.207. The van der Waals surface area contributed by atoms with Crippen LogP contribution in [-0.4, -0.2) is 69.0 Å². The van der Waals surface area contributed by atoms with Gasteiger partial charge < -0.3 is 14.8 Å². The second-order valence-electron chi connectivity index (χ2n) is 8.97. The summed E-state index contributed by atoms with van der Waals surface area (Å²) >= 11 is 0.823. The number of methoxy groups -OCH3 is 2. The van der Waals surface area contributed by atoms with E-state index in [1.54, 1.807) is 37.5 Å². The van der Waals surface area contributed by atoms with E-state index in [2.05, 4.69) is 5.32 Å². The van der Waals surface area contributed by atoms with Crippen molar-refractivity contribution in [1.29, 1.82) is 0 Å². The molecule has 41 heavy (non-hydrogen) atoms. The van der Waals surface area contributed by atoms with Crippen molar-refractivity contribution < 1.29 is 32.3 Å². The molecule has 0 unspecified atom stereocenters. The monoisotopic (exact) mass is 595 g/mol. The maximum absolute atomic E-state index is 13.4. The summed E-state index contributed by atoms with van der Waals surface area (Å²) in [6.07, 6.45) is 1.62. The number of hydrogen-bond acceptors (Lipinski definition) is 8. The van der Waals surface area contributed by atoms with Crippen molar-refractivity contribution in [3.63, 3.8) is 0 Å². The lowest BCUT2D eigenvalue weighted by Gasteiger charge is -2.19. The minimum absolute atomic E-state index is 0.0191. The highest BCUT2D eigenvalue weighted by Gasteiger charge is 2.34. The number of thioether (sulfide) groups is 1. The lowest BCUT2D eigenvalue weighted by Crippen LogP contribution is -2.37. The van der Waals surface area contributed by atoms with E-state index in [4.69, 9.17) is 9.47 Å². The van der Waals surface area contributed by atoms with E-state index in [0.717, 1.165) is 27.8 Å². The normalized spacial score (nSPS) is 14.5. The molecule has 1 aliphatic heterocycles. The van der Waals surface area contributed by atoms with Gasteiger partial charge in [-0.05, 0) is 59.3 Å². The van der Waals surface area contributed by atoms with Gasteiger partial charge in [-0.3, -0.25) is 19.3 Å². The van der Waals surface area contributed by atoms with Crippen LogP contribution in [0.15, 0.2) is 82.6 Å². The summed E-state index contributed by atoms with van der Waals surface area (Å²) in [5, 5.41) is 2.21. The summed E-state index contributed by atoms with van der Waals surface area (Å²) in [5.41, 5.74) is 1.63. The van der Waals surface area contributed by atoms with Gasteiger partial charge in [-0.25, -0.2) is 8.42 Å². The molecule has 1 heterocycles. The molecular weight excluding hydrogens is 566 g/mol. The molecule has 3 aromatic rings. The van der Waals surface area contributed by atoms with Crippen molar-refractivity contribution in [3.8, 4) is 11.5 Å². The average Bonchev–Trinajstić information content (AvgIpc) is 3.24. The average molecular weight is 596 g/mol. The van der Waals surface area contributed by atoms with Crippen molar-refractivity contribution in [3.05, 3.63) is 94.4 Å². The van der Waals surface area contributed by atoms with Gasteiger partial charge in [0.05, 0.1) is 19.1 Å². The summed E-state index contributed by atoms with van der Waals surface area (Å²) in [4.78, 5) is 39.3. The summed E-state index contributed by atoms with van der Waals surface area (Å²) in [6, 6.07) is 20.3. The third kappa shape index (κ3) is 6.96. The molecule has 3 aromatic carbocycles. The standard InChI is InChI=1S/C29H29N3O7S2/c1-31(19-21-7-5-4-6-8-21)41(36,37)26-18-22(11-14-24(26)39-3)27(33)30-15-16-32-28(34)25(40-29(32)35)17-20-9-12-23(38-2)13-10-20/h4-14,17-18H,15-16,19H2,1-3H3,(H,30,33)/b25-17+. The topological polar surface area (TPSA) is 122 Å². The van der Waals surface area contributed by atoms with Crippen molar-refractivity contribution in [1.82, 2.24) is 14.5 Å². The van der Waals surface area contributed by atoms with Gasteiger partial charge in [-0.2, -0.15) is 4.31 Å². The molecule has 214 valence electrons. The number of nitrogens with one attached hydrogen (secondary N) is 1. The lowest BCUT2D eigenvalue weighted by atomic mass is 10.2. The molecule has 0 radical (unpaired) electrons. The predicted octanol–water partition coefficient (Wildman–Crippen LogP) is 3.99. The van der Waals surface area contributed by atoms with Gasteiger partial charge in [0, 0.05) is 32.2 Å². The molecule has 0 saturated carbocycles. The van der Waals surface area contributed by atoms with Crippen LogP contribution in [0, 0.1) is 0 Å². The Labute approximate surface area is 243 Å². The SMILES string of the molecule is COc1ccc(/C=C2/SC(=O)N(CCNC(=O)c3ccc(OC)c(S(=O)(=O)N(C)Cc4ccccc4)c3)C2=O)cc1. The quantitative estimate of drug-likeness (QED) is 0.330. The Morgan fingerprint density at radius 1 is 1.00 bits per heavy atom. The first-order valence-electron chi connectivity index (χ1n) is 12.5. The molecule has 0 bridgehead atoms. The Kier molecular flexibility index (Phi) is 9.48. The highest BCUT2D eigenvalue weighted by atomic mass is 32.2. The molecule has 0 aromatic heterocycles.